The summed E-state index contributed by atoms with van der Waals surface area (Å²) in [6, 6.07) is 2.66. The fourth-order valence-corrected chi connectivity index (χ4v) is 3.20. The summed E-state index contributed by atoms with van der Waals surface area (Å²) in [7, 11) is 0. The van der Waals surface area contributed by atoms with Gasteiger partial charge in [-0.3, -0.25) is 9.78 Å². The summed E-state index contributed by atoms with van der Waals surface area (Å²) in [5, 5.41) is 0. The molecule has 1 aromatic rings. The molecule has 0 saturated carbocycles. The van der Waals surface area contributed by atoms with Gasteiger partial charge in [0.25, 0.3) is 0 Å². The molecular formula is C16H20F3N3O2. The summed E-state index contributed by atoms with van der Waals surface area (Å²) >= 11 is 0. The zero-order valence-electron chi connectivity index (χ0n) is 13.3. The summed E-state index contributed by atoms with van der Waals surface area (Å²) in [5.74, 6) is 0.0898. The lowest BCUT2D eigenvalue weighted by Crippen LogP contribution is -2.46. The minimum atomic E-state index is -4.44. The maximum Gasteiger partial charge on any atom is 0.433 e. The van der Waals surface area contributed by atoms with E-state index in [4.69, 9.17) is 4.74 Å². The van der Waals surface area contributed by atoms with Gasteiger partial charge in [-0.15, -0.1) is 0 Å². The molecule has 0 aliphatic carbocycles. The number of carbonyl (C=O) groups excluding carboxylic acids is 1. The number of halogens is 3. The maximum absolute atomic E-state index is 12.8. The van der Waals surface area contributed by atoms with Crippen molar-refractivity contribution in [2.45, 2.75) is 19.0 Å². The lowest BCUT2D eigenvalue weighted by atomic mass is 9.94. The van der Waals surface area contributed by atoms with E-state index in [2.05, 4.69) is 4.98 Å². The quantitative estimate of drug-likeness (QED) is 0.826. The first-order valence-corrected chi connectivity index (χ1v) is 8.10. The van der Waals surface area contributed by atoms with Gasteiger partial charge in [-0.1, -0.05) is 0 Å². The molecule has 0 radical (unpaired) electrons. The van der Waals surface area contributed by atoms with Crippen LogP contribution in [0.25, 0.3) is 0 Å². The van der Waals surface area contributed by atoms with Crippen LogP contribution >= 0.6 is 0 Å². The van der Waals surface area contributed by atoms with Crippen LogP contribution in [0.1, 0.15) is 18.5 Å². The monoisotopic (exact) mass is 343 g/mol. The molecule has 2 aliphatic heterocycles. The highest BCUT2D eigenvalue weighted by Gasteiger charge is 2.34. The molecule has 5 nitrogen and oxygen atoms in total. The Kier molecular flexibility index (Phi) is 4.93. The third kappa shape index (κ3) is 3.80. The predicted octanol–water partition coefficient (Wildman–Crippen LogP) is 2.18. The van der Waals surface area contributed by atoms with E-state index in [1.165, 1.54) is 6.20 Å². The van der Waals surface area contributed by atoms with Gasteiger partial charge in [-0.25, -0.2) is 0 Å². The zero-order valence-corrected chi connectivity index (χ0v) is 13.3. The first-order chi connectivity index (χ1) is 11.4. The highest BCUT2D eigenvalue weighted by atomic mass is 19.4. The van der Waals surface area contributed by atoms with Crippen LogP contribution in [-0.2, 0) is 15.7 Å². The van der Waals surface area contributed by atoms with E-state index in [9.17, 15) is 18.0 Å². The predicted molar refractivity (Wildman–Crippen MR) is 81.6 cm³/mol. The van der Waals surface area contributed by atoms with Crippen molar-refractivity contribution in [1.82, 2.24) is 9.88 Å². The molecule has 0 unspecified atom stereocenters. The molecule has 0 atom stereocenters. The van der Waals surface area contributed by atoms with Crippen molar-refractivity contribution in [2.24, 2.45) is 5.92 Å². The number of morpholine rings is 1. The molecule has 8 heteroatoms. The van der Waals surface area contributed by atoms with Crippen LogP contribution in [0.4, 0.5) is 18.9 Å². The molecule has 3 rings (SSSR count). The molecule has 1 aromatic heterocycles. The number of carbonyl (C=O) groups is 1. The lowest BCUT2D eigenvalue weighted by Gasteiger charge is -2.36. The summed E-state index contributed by atoms with van der Waals surface area (Å²) in [6.07, 6.45) is -1.95. The van der Waals surface area contributed by atoms with Gasteiger partial charge in [-0.05, 0) is 25.0 Å². The van der Waals surface area contributed by atoms with Crippen LogP contribution in [0.15, 0.2) is 18.3 Å². The van der Waals surface area contributed by atoms with Gasteiger partial charge in [-0.2, -0.15) is 13.2 Å². The molecule has 0 aromatic carbocycles. The van der Waals surface area contributed by atoms with Crippen LogP contribution in [0.5, 0.6) is 0 Å². The van der Waals surface area contributed by atoms with E-state index in [0.29, 0.717) is 57.9 Å². The van der Waals surface area contributed by atoms with Gasteiger partial charge in [0.2, 0.25) is 5.91 Å². The number of pyridine rings is 1. The molecule has 24 heavy (non-hydrogen) atoms. The lowest BCUT2D eigenvalue weighted by molar-refractivity contribution is -0.141. The summed E-state index contributed by atoms with van der Waals surface area (Å²) < 4.78 is 43.6. The van der Waals surface area contributed by atoms with Gasteiger partial charge >= 0.3 is 6.18 Å². The van der Waals surface area contributed by atoms with Crippen LogP contribution in [0.2, 0.25) is 0 Å². The van der Waals surface area contributed by atoms with Gasteiger partial charge < -0.3 is 14.5 Å². The fourth-order valence-electron chi connectivity index (χ4n) is 3.20. The fraction of sp³-hybridized carbons (Fsp3) is 0.625. The molecule has 3 heterocycles. The smallest absolute Gasteiger partial charge is 0.378 e. The Hall–Kier alpha value is -1.83. The molecule has 132 valence electrons. The normalized spacial score (nSPS) is 20.3. The standard InChI is InChI=1S/C16H20F3N3O2/c17-16(18,19)14-11-13(1-4-20-14)21-5-2-12(3-6-21)15(23)22-7-9-24-10-8-22/h1,4,11-12H,2-3,5-10H2. The number of anilines is 1. The topological polar surface area (TPSA) is 45.7 Å². The van der Waals surface area contributed by atoms with Crippen molar-refractivity contribution < 1.29 is 22.7 Å². The Balaban J connectivity index is 1.60. The SMILES string of the molecule is O=C(C1CCN(c2ccnc(C(F)(F)F)c2)CC1)N1CCOCC1. The second-order valence-corrected chi connectivity index (χ2v) is 6.10. The van der Waals surface area contributed by atoms with Crippen molar-refractivity contribution in [3.05, 3.63) is 24.0 Å². The second-order valence-electron chi connectivity index (χ2n) is 6.10. The second kappa shape index (κ2) is 6.96. The first kappa shape index (κ1) is 17.0. The van der Waals surface area contributed by atoms with E-state index < -0.39 is 11.9 Å². The van der Waals surface area contributed by atoms with Crippen molar-refractivity contribution in [3.63, 3.8) is 0 Å². The average Bonchev–Trinajstić information content (AvgIpc) is 2.61. The summed E-state index contributed by atoms with van der Waals surface area (Å²) in [6.45, 7) is 3.53. The summed E-state index contributed by atoms with van der Waals surface area (Å²) in [5.41, 5.74) is -0.374. The third-order valence-corrected chi connectivity index (χ3v) is 4.57. The third-order valence-electron chi connectivity index (χ3n) is 4.57. The minimum absolute atomic E-state index is 0.0525. The molecule has 1 amide bonds. The van der Waals surface area contributed by atoms with Gasteiger partial charge in [0.1, 0.15) is 5.69 Å². The first-order valence-electron chi connectivity index (χ1n) is 8.10. The molecule has 2 aliphatic rings. The van der Waals surface area contributed by atoms with Crippen molar-refractivity contribution in [2.75, 3.05) is 44.3 Å². The Labute approximate surface area is 138 Å². The zero-order chi connectivity index (χ0) is 17.2. The van der Waals surface area contributed by atoms with Crippen LogP contribution in [-0.4, -0.2) is 55.2 Å². The van der Waals surface area contributed by atoms with E-state index in [1.54, 1.807) is 6.07 Å². The number of rotatable bonds is 2. The Bertz CT molecular complexity index is 580. The average molecular weight is 343 g/mol. The van der Waals surface area contributed by atoms with Crippen LogP contribution < -0.4 is 4.90 Å². The Morgan fingerprint density at radius 2 is 1.83 bits per heavy atom. The van der Waals surface area contributed by atoms with Crippen molar-refractivity contribution in [3.8, 4) is 0 Å². The van der Waals surface area contributed by atoms with Crippen LogP contribution in [0, 0.1) is 5.92 Å². The van der Waals surface area contributed by atoms with E-state index in [1.807, 2.05) is 9.80 Å². The maximum atomic E-state index is 12.8. The highest BCUT2D eigenvalue weighted by molar-refractivity contribution is 5.79. The van der Waals surface area contributed by atoms with Crippen molar-refractivity contribution >= 4 is 11.6 Å². The molecular weight excluding hydrogens is 323 g/mol. The summed E-state index contributed by atoms with van der Waals surface area (Å²) in [4.78, 5) is 19.6. The van der Waals surface area contributed by atoms with E-state index in [-0.39, 0.29) is 11.8 Å². The van der Waals surface area contributed by atoms with Crippen LogP contribution in [0.3, 0.4) is 0 Å². The Morgan fingerprint density at radius 3 is 2.46 bits per heavy atom. The molecule has 0 N–H and O–H groups in total. The molecule has 0 spiro atoms. The highest BCUT2D eigenvalue weighted by Crippen LogP contribution is 2.31. The van der Waals surface area contributed by atoms with E-state index in [0.717, 1.165) is 6.07 Å². The number of alkyl halides is 3. The molecule has 0 bridgehead atoms. The van der Waals surface area contributed by atoms with Gasteiger partial charge in [0.05, 0.1) is 13.2 Å². The van der Waals surface area contributed by atoms with Crippen molar-refractivity contribution in [1.29, 1.82) is 0 Å². The van der Waals surface area contributed by atoms with Gasteiger partial charge in [0.15, 0.2) is 0 Å². The van der Waals surface area contributed by atoms with E-state index >= 15 is 0 Å². The number of ether oxygens (including phenoxy) is 1. The molecule has 2 saturated heterocycles. The Morgan fingerprint density at radius 1 is 1.17 bits per heavy atom. The van der Waals surface area contributed by atoms with Gasteiger partial charge in [0, 0.05) is 44.0 Å². The number of nitrogens with zero attached hydrogens (tertiary/aromatic N) is 3. The number of hydrogen-bond donors (Lipinski definition) is 0. The number of aromatic nitrogens is 1. The number of amides is 1. The number of hydrogen-bond acceptors (Lipinski definition) is 4. The minimum Gasteiger partial charge on any atom is -0.378 e. The molecule has 2 fully saturated rings. The number of piperidine rings is 1. The largest absolute Gasteiger partial charge is 0.433 e.